The van der Waals surface area contributed by atoms with Gasteiger partial charge in [0.25, 0.3) is 0 Å². The predicted molar refractivity (Wildman–Crippen MR) is 116 cm³/mol. The van der Waals surface area contributed by atoms with Crippen molar-refractivity contribution in [2.45, 2.75) is 38.6 Å². The van der Waals surface area contributed by atoms with E-state index in [-0.39, 0.29) is 10.8 Å². The Morgan fingerprint density at radius 1 is 0.966 bits per heavy atom. The summed E-state index contributed by atoms with van der Waals surface area (Å²) < 4.78 is 27.6. The fraction of sp³-hybridized carbons (Fsp3) is 0.409. The molecule has 3 rings (SSSR count). The number of hydrogen-bond donors (Lipinski definition) is 1. The van der Waals surface area contributed by atoms with Gasteiger partial charge in [-0.1, -0.05) is 29.8 Å². The first-order valence-electron chi connectivity index (χ1n) is 9.88. The highest BCUT2D eigenvalue weighted by Crippen LogP contribution is 2.24. The predicted octanol–water partition coefficient (Wildman–Crippen LogP) is 2.63. The van der Waals surface area contributed by atoms with E-state index in [1.54, 1.807) is 36.1 Å². The van der Waals surface area contributed by atoms with Crippen LogP contribution in [-0.4, -0.2) is 51.4 Å². The summed E-state index contributed by atoms with van der Waals surface area (Å²) in [5.41, 5.74) is 4.69. The zero-order chi connectivity index (χ0) is 21.2. The molecule has 1 aliphatic rings. The molecule has 0 unspecified atom stereocenters. The van der Waals surface area contributed by atoms with Crippen molar-refractivity contribution in [2.75, 3.05) is 31.1 Å². The van der Waals surface area contributed by atoms with E-state index in [2.05, 4.69) is 41.7 Å². The molecule has 156 valence electrons. The second kappa shape index (κ2) is 8.55. The molecule has 0 aliphatic carbocycles. The quantitative estimate of drug-likeness (QED) is 0.815. The summed E-state index contributed by atoms with van der Waals surface area (Å²) in [6, 6.07) is 12.0. The molecule has 1 saturated heterocycles. The van der Waals surface area contributed by atoms with Crippen molar-refractivity contribution in [2.24, 2.45) is 0 Å². The first kappa shape index (κ1) is 21.3. The van der Waals surface area contributed by atoms with Crippen LogP contribution in [-0.2, 0) is 14.8 Å². The van der Waals surface area contributed by atoms with E-state index in [9.17, 15) is 13.2 Å². The number of hydrogen-bond acceptors (Lipinski definition) is 4. The number of piperazine rings is 1. The highest BCUT2D eigenvalue weighted by Gasteiger charge is 2.28. The van der Waals surface area contributed by atoms with Crippen molar-refractivity contribution in [1.82, 2.24) is 9.62 Å². The lowest BCUT2D eigenvalue weighted by atomic mass is 10.1. The maximum Gasteiger partial charge on any atom is 0.241 e. The average Bonchev–Trinajstić information content (AvgIpc) is 2.69. The van der Waals surface area contributed by atoms with E-state index in [4.69, 9.17) is 0 Å². The number of carbonyl (C=O) groups excluding carboxylic acids is 1. The number of sulfonamides is 1. The number of carbonyl (C=O) groups is 1. The zero-order valence-corrected chi connectivity index (χ0v) is 18.3. The summed E-state index contributed by atoms with van der Waals surface area (Å²) in [7, 11) is -3.73. The van der Waals surface area contributed by atoms with Crippen LogP contribution in [0.4, 0.5) is 5.69 Å². The monoisotopic (exact) mass is 415 g/mol. The lowest BCUT2D eigenvalue weighted by molar-refractivity contribution is -0.132. The minimum absolute atomic E-state index is 0.169. The Kier molecular flexibility index (Phi) is 6.29. The third-order valence-corrected chi connectivity index (χ3v) is 7.10. The number of nitrogens with zero attached hydrogens (tertiary/aromatic N) is 2. The summed E-state index contributed by atoms with van der Waals surface area (Å²) in [6.07, 6.45) is 0. The number of rotatable bonds is 5. The van der Waals surface area contributed by atoms with Crippen molar-refractivity contribution in [3.63, 3.8) is 0 Å². The SMILES string of the molecule is Cc1ccc(S(=O)(=O)N[C@H](C)C(=O)N2CCN(c3cccc(C)c3C)CC2)cc1. The number of amides is 1. The standard InChI is InChI=1S/C22H29N3O3S/c1-16-8-10-20(11-9-16)29(27,28)23-19(4)22(26)25-14-12-24(13-15-25)21-7-5-6-17(2)18(21)3/h5-11,19,23H,12-15H2,1-4H3/t19-/m1/s1. The molecular formula is C22H29N3O3S. The van der Waals surface area contributed by atoms with Crippen molar-refractivity contribution in [3.8, 4) is 0 Å². The fourth-order valence-electron chi connectivity index (χ4n) is 3.59. The van der Waals surface area contributed by atoms with Crippen LogP contribution in [0.25, 0.3) is 0 Å². The summed E-state index contributed by atoms with van der Waals surface area (Å²) >= 11 is 0. The Hall–Kier alpha value is -2.38. The summed E-state index contributed by atoms with van der Waals surface area (Å²) in [5.74, 6) is -0.193. The van der Waals surface area contributed by atoms with Crippen LogP contribution < -0.4 is 9.62 Å². The summed E-state index contributed by atoms with van der Waals surface area (Å²) in [5, 5.41) is 0. The van der Waals surface area contributed by atoms with E-state index in [0.717, 1.165) is 18.7 Å². The first-order valence-corrected chi connectivity index (χ1v) is 11.4. The largest absolute Gasteiger partial charge is 0.368 e. The number of anilines is 1. The second-order valence-electron chi connectivity index (χ2n) is 7.69. The smallest absolute Gasteiger partial charge is 0.241 e. The topological polar surface area (TPSA) is 69.7 Å². The third kappa shape index (κ3) is 4.79. The molecule has 2 aromatic rings. The Bertz CT molecular complexity index is 979. The fourth-order valence-corrected chi connectivity index (χ4v) is 4.79. The van der Waals surface area contributed by atoms with Gasteiger partial charge in [-0.15, -0.1) is 0 Å². The highest BCUT2D eigenvalue weighted by molar-refractivity contribution is 7.89. The minimum Gasteiger partial charge on any atom is -0.368 e. The molecule has 1 N–H and O–H groups in total. The molecule has 6 nitrogen and oxygen atoms in total. The van der Waals surface area contributed by atoms with Crippen molar-refractivity contribution in [3.05, 3.63) is 59.2 Å². The third-order valence-electron chi connectivity index (χ3n) is 5.54. The van der Waals surface area contributed by atoms with Gasteiger partial charge in [-0.25, -0.2) is 8.42 Å². The zero-order valence-electron chi connectivity index (χ0n) is 17.5. The maximum atomic E-state index is 12.8. The maximum absolute atomic E-state index is 12.8. The number of nitrogens with one attached hydrogen (secondary N) is 1. The van der Waals surface area contributed by atoms with E-state index in [0.29, 0.717) is 13.1 Å². The van der Waals surface area contributed by atoms with Gasteiger partial charge in [0.05, 0.1) is 10.9 Å². The molecule has 0 spiro atoms. The Morgan fingerprint density at radius 3 is 2.21 bits per heavy atom. The van der Waals surface area contributed by atoms with E-state index in [1.807, 2.05) is 6.92 Å². The molecule has 0 saturated carbocycles. The van der Waals surface area contributed by atoms with Crippen LogP contribution in [0.2, 0.25) is 0 Å². The van der Waals surface area contributed by atoms with Gasteiger partial charge in [0.2, 0.25) is 15.9 Å². The molecule has 1 fully saturated rings. The lowest BCUT2D eigenvalue weighted by Crippen LogP contribution is -2.54. The first-order chi connectivity index (χ1) is 13.7. The van der Waals surface area contributed by atoms with Gasteiger partial charge >= 0.3 is 0 Å². The minimum atomic E-state index is -3.73. The summed E-state index contributed by atoms with van der Waals surface area (Å²) in [4.78, 5) is 17.0. The molecule has 2 aromatic carbocycles. The van der Waals surface area contributed by atoms with Gasteiger partial charge in [-0.2, -0.15) is 4.72 Å². The Balaban J connectivity index is 1.61. The van der Waals surface area contributed by atoms with Crippen LogP contribution in [0, 0.1) is 20.8 Å². The molecule has 0 bridgehead atoms. The van der Waals surface area contributed by atoms with Crippen LogP contribution in [0.5, 0.6) is 0 Å². The molecule has 0 aromatic heterocycles. The van der Waals surface area contributed by atoms with Crippen molar-refractivity contribution < 1.29 is 13.2 Å². The number of benzene rings is 2. The van der Waals surface area contributed by atoms with Crippen LogP contribution in [0.1, 0.15) is 23.6 Å². The van der Waals surface area contributed by atoms with E-state index in [1.165, 1.54) is 16.8 Å². The molecule has 29 heavy (non-hydrogen) atoms. The Labute approximate surface area is 173 Å². The Morgan fingerprint density at radius 2 is 1.59 bits per heavy atom. The highest BCUT2D eigenvalue weighted by atomic mass is 32.2. The molecule has 1 atom stereocenters. The lowest BCUT2D eigenvalue weighted by Gasteiger charge is -2.38. The van der Waals surface area contributed by atoms with E-state index < -0.39 is 16.1 Å². The van der Waals surface area contributed by atoms with Gasteiger partial charge in [0.1, 0.15) is 0 Å². The average molecular weight is 416 g/mol. The second-order valence-corrected chi connectivity index (χ2v) is 9.40. The van der Waals surface area contributed by atoms with E-state index >= 15 is 0 Å². The van der Waals surface area contributed by atoms with Gasteiger partial charge < -0.3 is 9.80 Å². The molecule has 0 radical (unpaired) electrons. The molecule has 1 amide bonds. The summed E-state index contributed by atoms with van der Waals surface area (Å²) in [6.45, 7) is 10.3. The molecule has 7 heteroatoms. The number of aryl methyl sites for hydroxylation is 2. The van der Waals surface area contributed by atoms with Crippen molar-refractivity contribution >= 4 is 21.6 Å². The van der Waals surface area contributed by atoms with Gasteiger partial charge in [0, 0.05) is 31.9 Å². The van der Waals surface area contributed by atoms with Crippen LogP contribution in [0.15, 0.2) is 47.4 Å². The van der Waals surface area contributed by atoms with Gasteiger partial charge in [-0.05, 0) is 57.0 Å². The van der Waals surface area contributed by atoms with Crippen LogP contribution >= 0.6 is 0 Å². The van der Waals surface area contributed by atoms with Crippen LogP contribution in [0.3, 0.4) is 0 Å². The van der Waals surface area contributed by atoms with Gasteiger partial charge in [0.15, 0.2) is 0 Å². The molecule has 1 heterocycles. The van der Waals surface area contributed by atoms with Crippen molar-refractivity contribution in [1.29, 1.82) is 0 Å². The molecular weight excluding hydrogens is 386 g/mol. The molecule has 1 aliphatic heterocycles. The van der Waals surface area contributed by atoms with Gasteiger partial charge in [-0.3, -0.25) is 4.79 Å². The normalized spacial score (nSPS) is 16.0.